The molecular formula is C20H18F2N6S2. The monoisotopic (exact) mass is 444 g/mol. The first-order chi connectivity index (χ1) is 14.6. The normalized spacial score (nSPS) is 11.2. The van der Waals surface area contributed by atoms with Gasteiger partial charge in [0.15, 0.2) is 10.3 Å². The zero-order valence-electron chi connectivity index (χ0n) is 16.3. The molecular weight excluding hydrogens is 426 g/mol. The van der Waals surface area contributed by atoms with E-state index in [2.05, 4.69) is 20.4 Å². The number of hydrogen-bond acceptors (Lipinski definition) is 6. The zero-order chi connectivity index (χ0) is 21.1. The Balaban J connectivity index is 1.67. The fourth-order valence-electron chi connectivity index (χ4n) is 3.16. The SMILES string of the molecule is CSc1nnc(CCc2nnc(SC)n2-c2cccc(F)c2)n1-c1cccc(F)c1. The molecule has 154 valence electrons. The summed E-state index contributed by atoms with van der Waals surface area (Å²) in [6.45, 7) is 0. The largest absolute Gasteiger partial charge is 0.274 e. The van der Waals surface area contributed by atoms with Gasteiger partial charge < -0.3 is 0 Å². The molecule has 6 nitrogen and oxygen atoms in total. The summed E-state index contributed by atoms with van der Waals surface area (Å²) in [6, 6.07) is 12.7. The number of hydrogen-bond donors (Lipinski definition) is 0. The van der Waals surface area contributed by atoms with E-state index in [9.17, 15) is 8.78 Å². The van der Waals surface area contributed by atoms with E-state index in [4.69, 9.17) is 0 Å². The molecule has 0 radical (unpaired) electrons. The Bertz CT molecular complexity index is 1080. The van der Waals surface area contributed by atoms with Crippen LogP contribution in [0, 0.1) is 11.6 Å². The van der Waals surface area contributed by atoms with Gasteiger partial charge in [0.2, 0.25) is 0 Å². The zero-order valence-corrected chi connectivity index (χ0v) is 17.9. The molecule has 0 unspecified atom stereocenters. The average Bonchev–Trinajstić information content (AvgIpc) is 3.35. The minimum absolute atomic E-state index is 0.324. The van der Waals surface area contributed by atoms with E-state index in [1.165, 1.54) is 47.8 Å². The summed E-state index contributed by atoms with van der Waals surface area (Å²) in [4.78, 5) is 0. The maximum absolute atomic E-state index is 13.8. The fourth-order valence-corrected chi connectivity index (χ4v) is 4.19. The van der Waals surface area contributed by atoms with Crippen molar-refractivity contribution in [2.24, 2.45) is 0 Å². The van der Waals surface area contributed by atoms with Crippen molar-refractivity contribution >= 4 is 23.5 Å². The molecule has 0 bridgehead atoms. The summed E-state index contributed by atoms with van der Waals surface area (Å²) < 4.78 is 31.2. The standard InChI is InChI=1S/C20H18F2N6S2/c1-29-19-25-23-17(27(19)15-7-3-5-13(21)11-15)9-10-18-24-26-20(30-2)28(18)16-8-4-6-14(22)12-16/h3-8,11-12H,9-10H2,1-2H3. The van der Waals surface area contributed by atoms with E-state index in [1.807, 2.05) is 33.8 Å². The second-order valence-electron chi connectivity index (χ2n) is 6.34. The van der Waals surface area contributed by atoms with Gasteiger partial charge in [-0.2, -0.15) is 0 Å². The van der Waals surface area contributed by atoms with E-state index >= 15 is 0 Å². The molecule has 0 saturated heterocycles. The third kappa shape index (κ3) is 4.10. The number of benzene rings is 2. The van der Waals surface area contributed by atoms with Crippen LogP contribution in [-0.2, 0) is 12.8 Å². The van der Waals surface area contributed by atoms with Gasteiger partial charge in [-0.15, -0.1) is 20.4 Å². The molecule has 4 aromatic rings. The molecule has 0 spiro atoms. The fraction of sp³-hybridized carbons (Fsp3) is 0.200. The summed E-state index contributed by atoms with van der Waals surface area (Å²) in [5, 5.41) is 18.4. The van der Waals surface area contributed by atoms with E-state index in [0.29, 0.717) is 46.2 Å². The first-order valence-corrected chi connectivity index (χ1v) is 11.5. The molecule has 0 aliphatic rings. The molecule has 4 rings (SSSR count). The topological polar surface area (TPSA) is 61.4 Å². The predicted molar refractivity (Wildman–Crippen MR) is 114 cm³/mol. The minimum Gasteiger partial charge on any atom is -0.274 e. The molecule has 0 atom stereocenters. The first-order valence-electron chi connectivity index (χ1n) is 9.09. The Kier molecular flexibility index (Phi) is 6.14. The molecule has 0 N–H and O–H groups in total. The number of thioether (sulfide) groups is 2. The molecule has 0 aliphatic heterocycles. The van der Waals surface area contributed by atoms with Crippen molar-refractivity contribution in [3.8, 4) is 11.4 Å². The Morgan fingerprint density at radius 1 is 0.700 bits per heavy atom. The van der Waals surface area contributed by atoms with Gasteiger partial charge in [0.25, 0.3) is 0 Å². The second-order valence-corrected chi connectivity index (χ2v) is 7.88. The molecule has 0 aliphatic carbocycles. The number of aromatic nitrogens is 6. The van der Waals surface area contributed by atoms with Gasteiger partial charge in [0.05, 0.1) is 11.4 Å². The Morgan fingerprint density at radius 3 is 1.50 bits per heavy atom. The van der Waals surface area contributed by atoms with Crippen LogP contribution in [0.5, 0.6) is 0 Å². The van der Waals surface area contributed by atoms with Crippen molar-refractivity contribution in [3.63, 3.8) is 0 Å². The first kappa shape index (κ1) is 20.5. The van der Waals surface area contributed by atoms with Crippen molar-refractivity contribution in [3.05, 3.63) is 71.8 Å². The highest BCUT2D eigenvalue weighted by Gasteiger charge is 2.18. The summed E-state index contributed by atoms with van der Waals surface area (Å²) >= 11 is 2.87. The van der Waals surface area contributed by atoms with E-state index in [-0.39, 0.29) is 11.6 Å². The number of aryl methyl sites for hydroxylation is 2. The number of halogens is 2. The Labute approximate surface area is 180 Å². The number of nitrogens with zero attached hydrogens (tertiary/aromatic N) is 6. The quantitative estimate of drug-likeness (QED) is 0.395. The summed E-state index contributed by atoms with van der Waals surface area (Å²) in [5.74, 6) is 0.721. The lowest BCUT2D eigenvalue weighted by molar-refractivity contribution is 0.623. The van der Waals surface area contributed by atoms with Crippen LogP contribution < -0.4 is 0 Å². The molecule has 0 saturated carbocycles. The van der Waals surface area contributed by atoms with E-state index < -0.39 is 0 Å². The van der Waals surface area contributed by atoms with Gasteiger partial charge in [0.1, 0.15) is 23.3 Å². The van der Waals surface area contributed by atoms with Crippen LogP contribution in [-0.4, -0.2) is 42.0 Å². The van der Waals surface area contributed by atoms with Gasteiger partial charge >= 0.3 is 0 Å². The molecule has 2 aromatic heterocycles. The predicted octanol–water partition coefficient (Wildman–Crippen LogP) is 4.36. The highest BCUT2D eigenvalue weighted by molar-refractivity contribution is 7.98. The third-order valence-corrected chi connectivity index (χ3v) is 5.73. The van der Waals surface area contributed by atoms with Crippen LogP contribution in [0.1, 0.15) is 11.6 Å². The molecule has 2 heterocycles. The van der Waals surface area contributed by atoms with Gasteiger partial charge in [-0.3, -0.25) is 9.13 Å². The maximum Gasteiger partial charge on any atom is 0.195 e. The van der Waals surface area contributed by atoms with Gasteiger partial charge in [-0.25, -0.2) is 8.78 Å². The summed E-state index contributed by atoms with van der Waals surface area (Å²) in [6.07, 6.45) is 4.81. The second kappa shape index (κ2) is 8.97. The molecule has 0 fully saturated rings. The summed E-state index contributed by atoms with van der Waals surface area (Å²) in [7, 11) is 0. The minimum atomic E-state index is -0.324. The number of rotatable bonds is 7. The third-order valence-electron chi connectivity index (χ3n) is 4.47. The lowest BCUT2D eigenvalue weighted by Crippen LogP contribution is -2.08. The highest BCUT2D eigenvalue weighted by Crippen LogP contribution is 2.24. The van der Waals surface area contributed by atoms with Crippen LogP contribution in [0.3, 0.4) is 0 Å². The van der Waals surface area contributed by atoms with Crippen molar-refractivity contribution < 1.29 is 8.78 Å². The van der Waals surface area contributed by atoms with Crippen LogP contribution in [0.4, 0.5) is 8.78 Å². The summed E-state index contributed by atoms with van der Waals surface area (Å²) in [5.41, 5.74) is 1.33. The molecule has 30 heavy (non-hydrogen) atoms. The lowest BCUT2D eigenvalue weighted by Gasteiger charge is -2.11. The van der Waals surface area contributed by atoms with Crippen molar-refractivity contribution in [1.82, 2.24) is 29.5 Å². The Hall–Kier alpha value is -2.72. The smallest absolute Gasteiger partial charge is 0.195 e. The average molecular weight is 445 g/mol. The van der Waals surface area contributed by atoms with Gasteiger partial charge in [-0.1, -0.05) is 35.7 Å². The lowest BCUT2D eigenvalue weighted by atomic mass is 10.2. The van der Waals surface area contributed by atoms with Crippen molar-refractivity contribution in [2.75, 3.05) is 12.5 Å². The van der Waals surface area contributed by atoms with Crippen LogP contribution >= 0.6 is 23.5 Å². The van der Waals surface area contributed by atoms with Gasteiger partial charge in [-0.05, 0) is 48.9 Å². The van der Waals surface area contributed by atoms with E-state index in [0.717, 1.165) is 0 Å². The van der Waals surface area contributed by atoms with Gasteiger partial charge in [0, 0.05) is 12.8 Å². The van der Waals surface area contributed by atoms with Crippen LogP contribution in [0.2, 0.25) is 0 Å². The van der Waals surface area contributed by atoms with Crippen LogP contribution in [0.25, 0.3) is 11.4 Å². The maximum atomic E-state index is 13.8. The highest BCUT2D eigenvalue weighted by atomic mass is 32.2. The Morgan fingerprint density at radius 2 is 1.13 bits per heavy atom. The molecule has 0 amide bonds. The van der Waals surface area contributed by atoms with E-state index in [1.54, 1.807) is 12.1 Å². The van der Waals surface area contributed by atoms with Crippen molar-refractivity contribution in [1.29, 1.82) is 0 Å². The van der Waals surface area contributed by atoms with Crippen molar-refractivity contribution in [2.45, 2.75) is 23.2 Å². The molecule has 2 aromatic carbocycles. The molecule has 10 heteroatoms. The van der Waals surface area contributed by atoms with Crippen LogP contribution in [0.15, 0.2) is 58.8 Å².